The largest absolute Gasteiger partial charge is 0.0770 e. The lowest BCUT2D eigenvalue weighted by Crippen LogP contribution is -2.34. The molecule has 2 unspecified atom stereocenters. The van der Waals surface area contributed by atoms with Gasteiger partial charge in [-0.3, -0.25) is 0 Å². The molecule has 0 N–H and O–H groups in total. The van der Waals surface area contributed by atoms with Crippen LogP contribution in [-0.2, 0) is 0 Å². The van der Waals surface area contributed by atoms with E-state index in [-0.39, 0.29) is 0 Å². The zero-order valence-corrected chi connectivity index (χ0v) is 16.6. The molecule has 0 heterocycles. The first-order valence-corrected chi connectivity index (χ1v) is 11.7. The van der Waals surface area contributed by atoms with Crippen molar-refractivity contribution in [1.82, 2.24) is 0 Å². The first-order chi connectivity index (χ1) is 12.3. The summed E-state index contributed by atoms with van der Waals surface area (Å²) in [4.78, 5) is 0. The molecule has 0 bridgehead atoms. The summed E-state index contributed by atoms with van der Waals surface area (Å²) in [5.74, 6) is 4.63. The van der Waals surface area contributed by atoms with Crippen molar-refractivity contribution < 1.29 is 0 Å². The van der Waals surface area contributed by atoms with Gasteiger partial charge in [0.05, 0.1) is 0 Å². The van der Waals surface area contributed by atoms with E-state index in [1.54, 1.807) is 11.1 Å². The van der Waals surface area contributed by atoms with Crippen molar-refractivity contribution in [3.63, 3.8) is 0 Å². The Kier molecular flexibility index (Phi) is 6.04. The molecule has 4 rings (SSSR count). The zero-order chi connectivity index (χ0) is 17.1. The molecule has 0 aromatic carbocycles. The summed E-state index contributed by atoms with van der Waals surface area (Å²) in [7, 11) is 0. The fourth-order valence-electron chi connectivity index (χ4n) is 6.85. The smallest absolute Gasteiger partial charge is 0.0109 e. The molecule has 4 aliphatic rings. The van der Waals surface area contributed by atoms with Crippen molar-refractivity contribution in [3.8, 4) is 0 Å². The average molecular weight is 341 g/mol. The molecule has 4 aliphatic carbocycles. The first-order valence-electron chi connectivity index (χ1n) is 11.7. The van der Waals surface area contributed by atoms with Gasteiger partial charge in [0.1, 0.15) is 0 Å². The summed E-state index contributed by atoms with van der Waals surface area (Å²) in [5, 5.41) is 0. The summed E-state index contributed by atoms with van der Waals surface area (Å²) in [5.41, 5.74) is 3.53. The maximum atomic E-state index is 2.85. The maximum Gasteiger partial charge on any atom is -0.0109 e. The van der Waals surface area contributed by atoms with Gasteiger partial charge in [-0.2, -0.15) is 0 Å². The molecule has 0 heteroatoms. The molecule has 0 radical (unpaired) electrons. The number of hydrogen-bond acceptors (Lipinski definition) is 0. The van der Waals surface area contributed by atoms with Crippen LogP contribution in [0, 0.1) is 29.6 Å². The molecule has 140 valence electrons. The molecule has 0 aromatic heterocycles. The van der Waals surface area contributed by atoms with Gasteiger partial charge in [0.25, 0.3) is 0 Å². The second kappa shape index (κ2) is 8.45. The molecule has 0 aromatic rings. The van der Waals surface area contributed by atoms with Gasteiger partial charge in [-0.05, 0) is 80.6 Å². The third-order valence-electron chi connectivity index (χ3n) is 8.15. The molecular weight excluding hydrogens is 300 g/mol. The van der Waals surface area contributed by atoms with E-state index in [0.717, 1.165) is 29.6 Å². The molecule has 0 saturated heterocycles. The highest BCUT2D eigenvalue weighted by molar-refractivity contribution is 5.34. The molecular formula is C25H40. The van der Waals surface area contributed by atoms with Gasteiger partial charge in [0, 0.05) is 0 Å². The Morgan fingerprint density at radius 1 is 0.640 bits per heavy atom. The summed E-state index contributed by atoms with van der Waals surface area (Å²) >= 11 is 0. The highest BCUT2D eigenvalue weighted by Gasteiger charge is 2.38. The van der Waals surface area contributed by atoms with Gasteiger partial charge in [-0.1, -0.05) is 75.5 Å². The Morgan fingerprint density at radius 3 is 1.76 bits per heavy atom. The van der Waals surface area contributed by atoms with Gasteiger partial charge in [0.2, 0.25) is 0 Å². The van der Waals surface area contributed by atoms with Crippen molar-refractivity contribution in [2.24, 2.45) is 29.6 Å². The zero-order valence-electron chi connectivity index (χ0n) is 16.6. The number of allylic oxidation sites excluding steroid dienone is 4. The van der Waals surface area contributed by atoms with E-state index in [0.29, 0.717) is 0 Å². The van der Waals surface area contributed by atoms with Crippen LogP contribution in [0.1, 0.15) is 103 Å². The second-order valence-electron chi connectivity index (χ2n) is 9.79. The molecule has 3 fully saturated rings. The summed E-state index contributed by atoms with van der Waals surface area (Å²) < 4.78 is 0. The molecule has 0 aliphatic heterocycles. The summed E-state index contributed by atoms with van der Waals surface area (Å²) in [6.45, 7) is 2.50. The van der Waals surface area contributed by atoms with Crippen LogP contribution < -0.4 is 0 Å². The lowest BCUT2D eigenvalue weighted by Gasteiger charge is -2.43. The topological polar surface area (TPSA) is 0 Å². The Bertz CT molecular complexity index is 478. The Hall–Kier alpha value is -0.520. The molecule has 2 atom stereocenters. The average Bonchev–Trinajstić information content (AvgIpc) is 2.69. The molecule has 3 saturated carbocycles. The quantitative estimate of drug-likeness (QED) is 0.490. The highest BCUT2D eigenvalue weighted by Crippen LogP contribution is 2.48. The van der Waals surface area contributed by atoms with Crippen molar-refractivity contribution in [3.05, 3.63) is 23.3 Å². The molecule has 0 nitrogen and oxygen atoms in total. The fraction of sp³-hybridized carbons (Fsp3) is 0.840. The van der Waals surface area contributed by atoms with Gasteiger partial charge in [0.15, 0.2) is 0 Å². The molecule has 25 heavy (non-hydrogen) atoms. The normalized spacial score (nSPS) is 33.8. The molecule has 0 spiro atoms. The van der Waals surface area contributed by atoms with E-state index in [9.17, 15) is 0 Å². The van der Waals surface area contributed by atoms with Crippen molar-refractivity contribution in [2.75, 3.05) is 0 Å². The third kappa shape index (κ3) is 4.09. The van der Waals surface area contributed by atoms with Crippen LogP contribution in [0.15, 0.2) is 23.3 Å². The van der Waals surface area contributed by atoms with Crippen LogP contribution in [-0.4, -0.2) is 0 Å². The predicted molar refractivity (Wildman–Crippen MR) is 109 cm³/mol. The van der Waals surface area contributed by atoms with E-state index < -0.39 is 0 Å². The Labute approximate surface area is 156 Å². The minimum atomic E-state index is 0.880. The van der Waals surface area contributed by atoms with Crippen LogP contribution in [0.3, 0.4) is 0 Å². The van der Waals surface area contributed by atoms with E-state index in [1.807, 2.05) is 0 Å². The van der Waals surface area contributed by atoms with Crippen LogP contribution in [0.25, 0.3) is 0 Å². The van der Waals surface area contributed by atoms with Gasteiger partial charge < -0.3 is 0 Å². The lowest BCUT2D eigenvalue weighted by molar-refractivity contribution is 0.159. The SMILES string of the molecule is CC1=CC(C2CCCCC2)=CC(C2CCCCC2)C1C1CCCCC1. The second-order valence-corrected chi connectivity index (χ2v) is 9.79. The monoisotopic (exact) mass is 340 g/mol. The Morgan fingerprint density at radius 2 is 1.16 bits per heavy atom. The van der Waals surface area contributed by atoms with Crippen LogP contribution in [0.2, 0.25) is 0 Å². The predicted octanol–water partition coefficient (Wildman–Crippen LogP) is 7.85. The fourth-order valence-corrected chi connectivity index (χ4v) is 6.85. The van der Waals surface area contributed by atoms with Crippen LogP contribution >= 0.6 is 0 Å². The van der Waals surface area contributed by atoms with E-state index in [2.05, 4.69) is 19.1 Å². The lowest BCUT2D eigenvalue weighted by atomic mass is 9.61. The van der Waals surface area contributed by atoms with E-state index in [4.69, 9.17) is 0 Å². The first kappa shape index (κ1) is 17.9. The third-order valence-corrected chi connectivity index (χ3v) is 8.15. The van der Waals surface area contributed by atoms with Crippen molar-refractivity contribution in [2.45, 2.75) is 103 Å². The number of rotatable bonds is 3. The standard InChI is InChI=1S/C25H40/c1-19-17-23(20-11-5-2-6-12-20)18-24(21-13-7-3-8-14-21)25(19)22-15-9-4-10-16-22/h17-18,20-22,24-25H,2-16H2,1H3. The van der Waals surface area contributed by atoms with Gasteiger partial charge in [-0.15, -0.1) is 0 Å². The highest BCUT2D eigenvalue weighted by atomic mass is 14.4. The van der Waals surface area contributed by atoms with E-state index in [1.165, 1.54) is 96.3 Å². The summed E-state index contributed by atoms with van der Waals surface area (Å²) in [6, 6.07) is 0. The van der Waals surface area contributed by atoms with Crippen molar-refractivity contribution >= 4 is 0 Å². The van der Waals surface area contributed by atoms with E-state index >= 15 is 0 Å². The number of hydrogen-bond donors (Lipinski definition) is 0. The van der Waals surface area contributed by atoms with Gasteiger partial charge in [-0.25, -0.2) is 0 Å². The van der Waals surface area contributed by atoms with Gasteiger partial charge >= 0.3 is 0 Å². The Balaban J connectivity index is 1.59. The minimum Gasteiger partial charge on any atom is -0.0770 e. The summed E-state index contributed by atoms with van der Waals surface area (Å²) in [6.07, 6.45) is 27.8. The van der Waals surface area contributed by atoms with Crippen LogP contribution in [0.5, 0.6) is 0 Å². The van der Waals surface area contributed by atoms with Crippen molar-refractivity contribution in [1.29, 1.82) is 0 Å². The molecule has 0 amide bonds. The minimum absolute atomic E-state index is 0.880. The maximum absolute atomic E-state index is 2.85. The van der Waals surface area contributed by atoms with Crippen LogP contribution in [0.4, 0.5) is 0 Å².